The third-order valence-corrected chi connectivity index (χ3v) is 5.40. The number of thiophene rings is 1. The molecule has 4 nitrogen and oxygen atoms in total. The molecule has 1 atom stereocenters. The van der Waals surface area contributed by atoms with Gasteiger partial charge in [0.1, 0.15) is 4.34 Å². The lowest BCUT2D eigenvalue weighted by molar-refractivity contribution is -0.141. The van der Waals surface area contributed by atoms with E-state index in [1.54, 1.807) is 6.92 Å². The van der Waals surface area contributed by atoms with E-state index in [-0.39, 0.29) is 11.4 Å². The van der Waals surface area contributed by atoms with Crippen LogP contribution in [0.5, 0.6) is 0 Å². The van der Waals surface area contributed by atoms with Crippen molar-refractivity contribution >= 4 is 52.0 Å². The molecule has 0 bridgehead atoms. The molecule has 11 heteroatoms. The van der Waals surface area contributed by atoms with Crippen LogP contribution in [0.2, 0.25) is 13.7 Å². The minimum absolute atomic E-state index is 0.230. The van der Waals surface area contributed by atoms with Crippen molar-refractivity contribution in [3.63, 3.8) is 0 Å². The first-order chi connectivity index (χ1) is 11.0. The van der Waals surface area contributed by atoms with Crippen LogP contribution in [0.1, 0.15) is 28.5 Å². The van der Waals surface area contributed by atoms with E-state index in [1.807, 2.05) is 0 Å². The zero-order chi connectivity index (χ0) is 18.2. The van der Waals surface area contributed by atoms with Gasteiger partial charge in [0.2, 0.25) is 0 Å². The van der Waals surface area contributed by atoms with Crippen molar-refractivity contribution in [1.82, 2.24) is 15.1 Å². The molecular weight excluding hydrogens is 410 g/mol. The van der Waals surface area contributed by atoms with Crippen molar-refractivity contribution in [3.05, 3.63) is 36.7 Å². The Morgan fingerprint density at radius 2 is 2.00 bits per heavy atom. The highest BCUT2D eigenvalue weighted by molar-refractivity contribution is 7.20. The summed E-state index contributed by atoms with van der Waals surface area (Å²) in [5.74, 6) is -0.878. The van der Waals surface area contributed by atoms with Gasteiger partial charge in [-0.2, -0.15) is 18.3 Å². The lowest BCUT2D eigenvalue weighted by Crippen LogP contribution is -2.35. The van der Waals surface area contributed by atoms with Crippen molar-refractivity contribution in [1.29, 1.82) is 0 Å². The van der Waals surface area contributed by atoms with Gasteiger partial charge in [-0.1, -0.05) is 34.8 Å². The van der Waals surface area contributed by atoms with Gasteiger partial charge in [-0.3, -0.25) is 9.48 Å². The smallest absolute Gasteiger partial charge is 0.349 e. The molecule has 2 aromatic heterocycles. The number of nitrogens with zero attached hydrogens (tertiary/aromatic N) is 2. The van der Waals surface area contributed by atoms with Crippen LogP contribution in [0.15, 0.2) is 6.20 Å². The fraction of sp³-hybridized carbons (Fsp3) is 0.385. The predicted molar refractivity (Wildman–Crippen MR) is 88.2 cm³/mol. The van der Waals surface area contributed by atoms with E-state index in [4.69, 9.17) is 34.8 Å². The topological polar surface area (TPSA) is 46.9 Å². The average molecular weight is 421 g/mol. The summed E-state index contributed by atoms with van der Waals surface area (Å²) in [7, 11) is 1.31. The highest BCUT2D eigenvalue weighted by atomic mass is 35.5. The van der Waals surface area contributed by atoms with Gasteiger partial charge in [0.05, 0.1) is 14.9 Å². The molecule has 0 aliphatic carbocycles. The van der Waals surface area contributed by atoms with Crippen LogP contribution in [0.25, 0.3) is 0 Å². The van der Waals surface area contributed by atoms with Crippen LogP contribution in [-0.2, 0) is 19.6 Å². The lowest BCUT2D eigenvalue weighted by atomic mass is 10.1. The van der Waals surface area contributed by atoms with E-state index in [9.17, 15) is 18.0 Å². The molecule has 0 saturated heterocycles. The highest BCUT2D eigenvalue weighted by Crippen LogP contribution is 2.40. The van der Waals surface area contributed by atoms with Crippen molar-refractivity contribution in [2.75, 3.05) is 0 Å². The maximum atomic E-state index is 12.9. The zero-order valence-electron chi connectivity index (χ0n) is 12.3. The number of alkyl halides is 3. The van der Waals surface area contributed by atoms with E-state index >= 15 is 0 Å². The summed E-state index contributed by atoms with van der Waals surface area (Å²) in [5, 5.41) is 6.07. The molecule has 1 unspecified atom stereocenters. The largest absolute Gasteiger partial charge is 0.435 e. The van der Waals surface area contributed by atoms with Crippen molar-refractivity contribution in [2.24, 2.45) is 7.05 Å². The Hall–Kier alpha value is -0.960. The Kier molecular flexibility index (Phi) is 5.74. The predicted octanol–water partition coefficient (Wildman–Crippen LogP) is 4.82. The van der Waals surface area contributed by atoms with Gasteiger partial charge in [0, 0.05) is 24.8 Å². The van der Waals surface area contributed by atoms with Gasteiger partial charge in [-0.05, 0) is 13.3 Å². The SMILES string of the molecule is CC(Cc1c(Cl)sc(Cl)c1Cl)NC(=O)c1cn(C)nc1C(F)(F)F. The molecule has 0 aliphatic heterocycles. The van der Waals surface area contributed by atoms with Crippen LogP contribution >= 0.6 is 46.1 Å². The number of aryl methyl sites for hydroxylation is 1. The summed E-state index contributed by atoms with van der Waals surface area (Å²) in [5.41, 5.74) is -1.23. The Balaban J connectivity index is 2.15. The molecule has 132 valence electrons. The molecule has 0 aliphatic rings. The second-order valence-corrected chi connectivity index (χ2v) is 7.69. The summed E-state index contributed by atoms with van der Waals surface area (Å²) < 4.78 is 40.4. The fourth-order valence-corrected chi connectivity index (χ4v) is 4.02. The van der Waals surface area contributed by atoms with Crippen LogP contribution < -0.4 is 5.32 Å². The van der Waals surface area contributed by atoms with E-state index in [0.717, 1.165) is 22.2 Å². The van der Waals surface area contributed by atoms with E-state index < -0.39 is 29.4 Å². The minimum atomic E-state index is -4.72. The second-order valence-electron chi connectivity index (χ2n) is 5.08. The Labute approximate surface area is 154 Å². The summed E-state index contributed by atoms with van der Waals surface area (Å²) in [6.45, 7) is 1.62. The number of hydrogen-bond donors (Lipinski definition) is 1. The maximum Gasteiger partial charge on any atom is 0.435 e. The molecule has 0 aromatic carbocycles. The van der Waals surface area contributed by atoms with Gasteiger partial charge in [-0.25, -0.2) is 0 Å². The van der Waals surface area contributed by atoms with Gasteiger partial charge >= 0.3 is 6.18 Å². The Bertz CT molecular complexity index is 773. The van der Waals surface area contributed by atoms with E-state index in [1.165, 1.54) is 7.05 Å². The van der Waals surface area contributed by atoms with Gasteiger partial charge in [-0.15, -0.1) is 11.3 Å². The molecule has 1 N–H and O–H groups in total. The molecule has 24 heavy (non-hydrogen) atoms. The number of halogens is 6. The number of aromatic nitrogens is 2. The maximum absolute atomic E-state index is 12.9. The summed E-state index contributed by atoms with van der Waals surface area (Å²) in [4.78, 5) is 12.1. The average Bonchev–Trinajstić information content (AvgIpc) is 2.95. The number of nitrogens with one attached hydrogen (secondary N) is 1. The zero-order valence-corrected chi connectivity index (χ0v) is 15.4. The number of rotatable bonds is 4. The Morgan fingerprint density at radius 3 is 2.50 bits per heavy atom. The first kappa shape index (κ1) is 19.4. The normalized spacial score (nSPS) is 13.2. The second kappa shape index (κ2) is 7.11. The molecule has 2 rings (SSSR count). The number of amides is 1. The molecule has 2 aromatic rings. The lowest BCUT2D eigenvalue weighted by Gasteiger charge is -2.14. The van der Waals surface area contributed by atoms with E-state index in [0.29, 0.717) is 14.2 Å². The summed E-state index contributed by atoms with van der Waals surface area (Å²) in [6.07, 6.45) is -3.47. The summed E-state index contributed by atoms with van der Waals surface area (Å²) in [6, 6.07) is -0.514. The molecule has 0 saturated carbocycles. The van der Waals surface area contributed by atoms with Gasteiger partial charge in [0.15, 0.2) is 5.69 Å². The van der Waals surface area contributed by atoms with Gasteiger partial charge < -0.3 is 5.32 Å². The van der Waals surface area contributed by atoms with Crippen molar-refractivity contribution in [3.8, 4) is 0 Å². The molecule has 0 spiro atoms. The van der Waals surface area contributed by atoms with E-state index in [2.05, 4.69) is 10.4 Å². The monoisotopic (exact) mass is 419 g/mol. The van der Waals surface area contributed by atoms with Crippen LogP contribution in [0.3, 0.4) is 0 Å². The highest BCUT2D eigenvalue weighted by Gasteiger charge is 2.39. The van der Waals surface area contributed by atoms with Crippen molar-refractivity contribution < 1.29 is 18.0 Å². The fourth-order valence-electron chi connectivity index (χ4n) is 2.08. The van der Waals surface area contributed by atoms with Crippen LogP contribution in [0, 0.1) is 0 Å². The van der Waals surface area contributed by atoms with Gasteiger partial charge in [0.25, 0.3) is 5.91 Å². The minimum Gasteiger partial charge on any atom is -0.349 e. The first-order valence-corrected chi connectivity index (χ1v) is 8.49. The third kappa shape index (κ3) is 4.17. The number of hydrogen-bond acceptors (Lipinski definition) is 3. The molecule has 2 heterocycles. The molecular formula is C13H11Cl3F3N3OS. The third-order valence-electron chi connectivity index (χ3n) is 3.08. The summed E-state index contributed by atoms with van der Waals surface area (Å²) >= 11 is 19.0. The Morgan fingerprint density at radius 1 is 1.38 bits per heavy atom. The quantitative estimate of drug-likeness (QED) is 0.771. The number of carbonyl (C=O) groups excluding carboxylic acids is 1. The molecule has 1 amide bonds. The van der Waals surface area contributed by atoms with Crippen LogP contribution in [-0.4, -0.2) is 21.7 Å². The van der Waals surface area contributed by atoms with Crippen LogP contribution in [0.4, 0.5) is 13.2 Å². The number of carbonyl (C=O) groups is 1. The molecule has 0 fully saturated rings. The molecule has 0 radical (unpaired) electrons. The first-order valence-electron chi connectivity index (χ1n) is 6.54. The van der Waals surface area contributed by atoms with Crippen molar-refractivity contribution in [2.45, 2.75) is 25.6 Å². The standard InChI is InChI=1S/C13H11Cl3F3N3OS/c1-5(3-6-8(14)11(16)24-10(6)15)20-12(23)7-4-22(2)21-9(7)13(17,18)19/h4-5H,3H2,1-2H3,(H,20,23).